The maximum atomic E-state index is 5.60. The van der Waals surface area contributed by atoms with Gasteiger partial charge in [-0.3, -0.25) is 4.72 Å². The Morgan fingerprint density at radius 2 is 1.91 bits per heavy atom. The van der Waals surface area contributed by atoms with Gasteiger partial charge in [0, 0.05) is 24.1 Å². The van der Waals surface area contributed by atoms with Gasteiger partial charge in [-0.15, -0.1) is 10.2 Å². The average Bonchev–Trinajstić information content (AvgIpc) is 3.01. The second kappa shape index (κ2) is 7.30. The first-order valence-corrected chi connectivity index (χ1v) is 8.14. The lowest BCUT2D eigenvalue weighted by atomic mass is 10.1. The molecule has 0 saturated heterocycles. The van der Waals surface area contributed by atoms with E-state index in [1.807, 2.05) is 37.4 Å². The third-order valence-electron chi connectivity index (χ3n) is 3.29. The third kappa shape index (κ3) is 3.91. The van der Waals surface area contributed by atoms with Gasteiger partial charge in [-0.25, -0.2) is 0 Å². The van der Waals surface area contributed by atoms with Crippen LogP contribution in [0, 0.1) is 6.92 Å². The molecule has 3 rings (SSSR count). The number of nitrogens with zero attached hydrogens (tertiary/aromatic N) is 2. The second-order valence-electron chi connectivity index (χ2n) is 4.98. The van der Waals surface area contributed by atoms with Crippen LogP contribution in [0.3, 0.4) is 0 Å². The molecule has 0 aliphatic heterocycles. The minimum atomic E-state index is 0.525. The van der Waals surface area contributed by atoms with Crippen molar-refractivity contribution in [2.24, 2.45) is 0 Å². The van der Waals surface area contributed by atoms with Crippen LogP contribution in [0.2, 0.25) is 0 Å². The Kier molecular flexibility index (Phi) is 4.95. The van der Waals surface area contributed by atoms with Gasteiger partial charge in [-0.1, -0.05) is 30.3 Å². The van der Waals surface area contributed by atoms with Crippen LogP contribution in [0.5, 0.6) is 0 Å². The molecule has 1 heterocycles. The van der Waals surface area contributed by atoms with Gasteiger partial charge in [-0.05, 0) is 42.8 Å². The molecule has 3 aromatic rings. The minimum absolute atomic E-state index is 0.525. The Bertz CT molecular complexity index is 773. The molecule has 118 valence electrons. The van der Waals surface area contributed by atoms with E-state index in [1.165, 1.54) is 5.56 Å². The molecule has 0 fully saturated rings. The lowest BCUT2D eigenvalue weighted by Crippen LogP contribution is -2.01. The number of aryl methyl sites for hydroxylation is 1. The summed E-state index contributed by atoms with van der Waals surface area (Å²) >= 11 is 1.55. The molecule has 23 heavy (non-hydrogen) atoms. The van der Waals surface area contributed by atoms with E-state index >= 15 is 0 Å². The molecule has 0 atom stereocenters. The van der Waals surface area contributed by atoms with Crippen LogP contribution >= 0.6 is 11.9 Å². The summed E-state index contributed by atoms with van der Waals surface area (Å²) in [6, 6.07) is 16.4. The van der Waals surface area contributed by atoms with E-state index in [0.29, 0.717) is 11.8 Å². The highest BCUT2D eigenvalue weighted by Crippen LogP contribution is 2.31. The van der Waals surface area contributed by atoms with E-state index in [9.17, 15) is 0 Å². The number of aromatic nitrogens is 2. The number of rotatable bonds is 6. The highest BCUT2D eigenvalue weighted by molar-refractivity contribution is 7.97. The van der Waals surface area contributed by atoms with Crippen molar-refractivity contribution in [2.45, 2.75) is 18.4 Å². The van der Waals surface area contributed by atoms with Crippen LogP contribution in [0.4, 0.5) is 5.69 Å². The van der Waals surface area contributed by atoms with E-state index in [2.05, 4.69) is 38.4 Å². The van der Waals surface area contributed by atoms with Crippen molar-refractivity contribution < 1.29 is 4.42 Å². The van der Waals surface area contributed by atoms with Crippen LogP contribution in [0.15, 0.2) is 57.8 Å². The molecule has 0 amide bonds. The first kappa shape index (κ1) is 15.6. The highest BCUT2D eigenvalue weighted by atomic mass is 32.2. The summed E-state index contributed by atoms with van der Waals surface area (Å²) in [6.45, 7) is 2.53. The Hall–Kier alpha value is -2.31. The van der Waals surface area contributed by atoms with Crippen LogP contribution in [-0.4, -0.2) is 17.2 Å². The van der Waals surface area contributed by atoms with Gasteiger partial charge in [0.15, 0.2) is 0 Å². The second-order valence-corrected chi connectivity index (χ2v) is 6.06. The van der Waals surface area contributed by atoms with Gasteiger partial charge in [0.2, 0.25) is 11.8 Å². The van der Waals surface area contributed by atoms with Gasteiger partial charge in [-0.2, -0.15) is 0 Å². The van der Waals surface area contributed by atoms with Crippen LogP contribution in [0.25, 0.3) is 11.5 Å². The van der Waals surface area contributed by atoms with Crippen molar-refractivity contribution >= 4 is 17.6 Å². The third-order valence-corrected chi connectivity index (χ3v) is 3.99. The fourth-order valence-corrected chi connectivity index (χ4v) is 2.78. The van der Waals surface area contributed by atoms with Crippen molar-refractivity contribution in [3.05, 3.63) is 60.0 Å². The summed E-state index contributed by atoms with van der Waals surface area (Å²) in [7, 11) is 1.89. The smallest absolute Gasteiger partial charge is 0.249 e. The molecule has 0 spiro atoms. The molecule has 0 unspecified atom stereocenters. The normalized spacial score (nSPS) is 10.7. The summed E-state index contributed by atoms with van der Waals surface area (Å²) in [5.74, 6) is 1.08. The zero-order chi connectivity index (χ0) is 16.1. The average molecular weight is 326 g/mol. The predicted molar refractivity (Wildman–Crippen MR) is 93.2 cm³/mol. The first-order chi connectivity index (χ1) is 11.3. The Balaban J connectivity index is 1.89. The number of benzene rings is 2. The van der Waals surface area contributed by atoms with Crippen LogP contribution in [-0.2, 0) is 6.54 Å². The molecular formula is C17H18N4OS. The molecule has 1 aromatic heterocycles. The van der Waals surface area contributed by atoms with Crippen molar-refractivity contribution in [1.29, 1.82) is 0 Å². The van der Waals surface area contributed by atoms with E-state index in [4.69, 9.17) is 4.42 Å². The van der Waals surface area contributed by atoms with Crippen LogP contribution in [0.1, 0.15) is 11.5 Å². The SMILES string of the molecule is CNSc1ccc(NCc2ccccc2)c(-c2nnc(C)o2)c1. The zero-order valence-electron chi connectivity index (χ0n) is 13.0. The van der Waals surface area contributed by atoms with E-state index in [1.54, 1.807) is 18.9 Å². The van der Waals surface area contributed by atoms with Crippen molar-refractivity contribution in [3.8, 4) is 11.5 Å². The fraction of sp³-hybridized carbons (Fsp3) is 0.176. The molecule has 0 bridgehead atoms. The number of nitrogens with one attached hydrogen (secondary N) is 2. The molecule has 0 aliphatic carbocycles. The molecule has 6 heteroatoms. The molecule has 0 saturated carbocycles. The lowest BCUT2D eigenvalue weighted by Gasteiger charge is -2.11. The van der Waals surface area contributed by atoms with E-state index < -0.39 is 0 Å². The van der Waals surface area contributed by atoms with Crippen LogP contribution < -0.4 is 10.0 Å². The van der Waals surface area contributed by atoms with Gasteiger partial charge in [0.25, 0.3) is 0 Å². The molecule has 2 N–H and O–H groups in total. The molecule has 0 radical (unpaired) electrons. The fourth-order valence-electron chi connectivity index (χ4n) is 2.23. The van der Waals surface area contributed by atoms with Gasteiger partial charge in [0.05, 0.1) is 5.56 Å². The maximum Gasteiger partial charge on any atom is 0.249 e. The number of anilines is 1. The molecular weight excluding hydrogens is 308 g/mol. The minimum Gasteiger partial charge on any atom is -0.421 e. The first-order valence-electron chi connectivity index (χ1n) is 7.32. The lowest BCUT2D eigenvalue weighted by molar-refractivity contribution is 0.533. The van der Waals surface area contributed by atoms with Crippen molar-refractivity contribution in [1.82, 2.24) is 14.9 Å². The standard InChI is InChI=1S/C17H18N4OS/c1-12-20-21-17(22-12)15-10-14(23-18-2)8-9-16(15)19-11-13-6-4-3-5-7-13/h3-10,18-19H,11H2,1-2H3. The van der Waals surface area contributed by atoms with E-state index in [0.717, 1.165) is 22.7 Å². The summed E-state index contributed by atoms with van der Waals surface area (Å²) in [6.07, 6.45) is 0. The van der Waals surface area contributed by atoms with Gasteiger partial charge in [0.1, 0.15) is 0 Å². The Morgan fingerprint density at radius 3 is 2.61 bits per heavy atom. The predicted octanol–water partition coefficient (Wildman–Crippen LogP) is 3.88. The number of hydrogen-bond acceptors (Lipinski definition) is 6. The van der Waals surface area contributed by atoms with Gasteiger partial charge >= 0.3 is 0 Å². The Labute approximate surface area is 139 Å². The Morgan fingerprint density at radius 1 is 1.09 bits per heavy atom. The largest absolute Gasteiger partial charge is 0.421 e. The molecule has 5 nitrogen and oxygen atoms in total. The zero-order valence-corrected chi connectivity index (χ0v) is 13.9. The molecule has 0 aliphatic rings. The monoisotopic (exact) mass is 326 g/mol. The molecule has 2 aromatic carbocycles. The summed E-state index contributed by atoms with van der Waals surface area (Å²) in [4.78, 5) is 1.09. The maximum absolute atomic E-state index is 5.60. The van der Waals surface area contributed by atoms with Crippen molar-refractivity contribution in [2.75, 3.05) is 12.4 Å². The summed E-state index contributed by atoms with van der Waals surface area (Å²) in [5.41, 5.74) is 3.09. The number of hydrogen-bond donors (Lipinski definition) is 2. The quantitative estimate of drug-likeness (QED) is 0.670. The van der Waals surface area contributed by atoms with Gasteiger partial charge < -0.3 is 9.73 Å². The summed E-state index contributed by atoms with van der Waals surface area (Å²) < 4.78 is 8.68. The van der Waals surface area contributed by atoms with E-state index in [-0.39, 0.29) is 0 Å². The topological polar surface area (TPSA) is 63.0 Å². The van der Waals surface area contributed by atoms with Crippen molar-refractivity contribution in [3.63, 3.8) is 0 Å². The highest BCUT2D eigenvalue weighted by Gasteiger charge is 2.13. The summed E-state index contributed by atoms with van der Waals surface area (Å²) in [5, 5.41) is 11.5.